The lowest BCUT2D eigenvalue weighted by Gasteiger charge is -2.15. The van der Waals surface area contributed by atoms with Gasteiger partial charge >= 0.3 is 6.03 Å². The van der Waals surface area contributed by atoms with Crippen molar-refractivity contribution in [3.63, 3.8) is 0 Å². The maximum Gasteiger partial charge on any atom is 0.315 e. The molecule has 0 radical (unpaired) electrons. The van der Waals surface area contributed by atoms with Gasteiger partial charge in [0.05, 0.1) is 12.6 Å². The van der Waals surface area contributed by atoms with Gasteiger partial charge < -0.3 is 20.1 Å². The molecule has 2 aromatic rings. The van der Waals surface area contributed by atoms with Gasteiger partial charge in [0.1, 0.15) is 18.1 Å². The number of hydrogen-bond acceptors (Lipinski definition) is 3. The van der Waals surface area contributed by atoms with E-state index in [9.17, 15) is 4.79 Å². The Kier molecular flexibility index (Phi) is 7.41. The molecule has 6 heteroatoms. The molecule has 0 saturated heterocycles. The highest BCUT2D eigenvalue weighted by Crippen LogP contribution is 2.19. The van der Waals surface area contributed by atoms with Gasteiger partial charge in [-0.15, -0.1) is 0 Å². The van der Waals surface area contributed by atoms with Gasteiger partial charge in [0, 0.05) is 17.1 Å². The summed E-state index contributed by atoms with van der Waals surface area (Å²) in [6, 6.07) is 14.5. The van der Waals surface area contributed by atoms with Crippen LogP contribution in [0.5, 0.6) is 11.5 Å². The largest absolute Gasteiger partial charge is 0.492 e. The Morgan fingerprint density at radius 1 is 1.12 bits per heavy atom. The molecule has 0 atom stereocenters. The van der Waals surface area contributed by atoms with Crippen LogP contribution in [0.25, 0.3) is 0 Å². The van der Waals surface area contributed by atoms with Crippen molar-refractivity contribution in [1.82, 2.24) is 10.6 Å². The zero-order valence-corrected chi connectivity index (χ0v) is 15.2. The Hall–Kier alpha value is -2.40. The number of rotatable bonds is 8. The van der Waals surface area contributed by atoms with Crippen molar-refractivity contribution in [2.24, 2.45) is 0 Å². The van der Waals surface area contributed by atoms with Crippen LogP contribution in [0.15, 0.2) is 48.5 Å². The molecule has 0 aromatic heterocycles. The third-order valence-electron chi connectivity index (χ3n) is 3.23. The fourth-order valence-electron chi connectivity index (χ4n) is 2.15. The van der Waals surface area contributed by atoms with E-state index < -0.39 is 0 Å². The van der Waals surface area contributed by atoms with Gasteiger partial charge in [-0.05, 0) is 38.1 Å². The van der Waals surface area contributed by atoms with Crippen molar-refractivity contribution in [1.29, 1.82) is 0 Å². The van der Waals surface area contributed by atoms with Gasteiger partial charge in [0.25, 0.3) is 0 Å². The zero-order valence-electron chi connectivity index (χ0n) is 14.4. The van der Waals surface area contributed by atoms with Gasteiger partial charge in [-0.1, -0.05) is 35.9 Å². The molecule has 2 N–H and O–H groups in total. The molecule has 25 heavy (non-hydrogen) atoms. The second-order valence-corrected chi connectivity index (χ2v) is 6.13. The van der Waals surface area contributed by atoms with Crippen LogP contribution in [0.1, 0.15) is 19.4 Å². The first-order chi connectivity index (χ1) is 12.0. The third kappa shape index (κ3) is 6.93. The van der Waals surface area contributed by atoms with E-state index in [-0.39, 0.29) is 12.1 Å². The highest BCUT2D eigenvalue weighted by atomic mass is 35.5. The van der Waals surface area contributed by atoms with Gasteiger partial charge in [0.2, 0.25) is 0 Å². The Labute approximate surface area is 153 Å². The molecule has 2 amide bonds. The number of halogens is 1. The first-order valence-corrected chi connectivity index (χ1v) is 8.57. The lowest BCUT2D eigenvalue weighted by atomic mass is 10.2. The second kappa shape index (κ2) is 9.79. The predicted octanol–water partition coefficient (Wildman–Crippen LogP) is 4.01. The molecule has 0 heterocycles. The van der Waals surface area contributed by atoms with Crippen LogP contribution in [0.4, 0.5) is 4.79 Å². The summed E-state index contributed by atoms with van der Waals surface area (Å²) in [5.41, 5.74) is 0.932. The van der Waals surface area contributed by atoms with E-state index in [2.05, 4.69) is 10.6 Å². The minimum Gasteiger partial charge on any atom is -0.492 e. The van der Waals surface area contributed by atoms with Crippen molar-refractivity contribution in [3.8, 4) is 11.5 Å². The maximum atomic E-state index is 11.9. The third-order valence-corrected chi connectivity index (χ3v) is 3.46. The number of amides is 2. The van der Waals surface area contributed by atoms with Gasteiger partial charge in [-0.25, -0.2) is 4.79 Å². The minimum atomic E-state index is -0.256. The molecule has 0 saturated carbocycles. The number of carbonyl (C=O) groups is 1. The van der Waals surface area contributed by atoms with E-state index in [1.165, 1.54) is 0 Å². The average molecular weight is 363 g/mol. The molecule has 134 valence electrons. The lowest BCUT2D eigenvalue weighted by Crippen LogP contribution is -2.37. The Bertz CT molecular complexity index is 692. The Balaban J connectivity index is 1.71. The zero-order chi connectivity index (χ0) is 18.1. The minimum absolute atomic E-state index is 0.0821. The van der Waals surface area contributed by atoms with Crippen LogP contribution in [0, 0.1) is 0 Å². The SMILES string of the molecule is CC(C)Oc1ccccc1CNC(=O)NCCOc1cccc(Cl)c1. The van der Waals surface area contributed by atoms with Crippen LogP contribution >= 0.6 is 11.6 Å². The van der Waals surface area contributed by atoms with Gasteiger partial charge in [-0.2, -0.15) is 0 Å². The smallest absolute Gasteiger partial charge is 0.315 e. The molecular formula is C19H23ClN2O3. The van der Waals surface area contributed by atoms with E-state index in [1.807, 2.05) is 50.2 Å². The van der Waals surface area contributed by atoms with E-state index in [4.69, 9.17) is 21.1 Å². The summed E-state index contributed by atoms with van der Waals surface area (Å²) in [5.74, 6) is 1.46. The van der Waals surface area contributed by atoms with E-state index in [0.717, 1.165) is 11.3 Å². The van der Waals surface area contributed by atoms with Crippen molar-refractivity contribution in [2.75, 3.05) is 13.2 Å². The van der Waals surface area contributed by atoms with Crippen molar-refractivity contribution in [3.05, 3.63) is 59.1 Å². The Morgan fingerprint density at radius 3 is 2.68 bits per heavy atom. The quantitative estimate of drug-likeness (QED) is 0.697. The average Bonchev–Trinajstić information content (AvgIpc) is 2.57. The molecule has 0 bridgehead atoms. The Morgan fingerprint density at radius 2 is 1.92 bits per heavy atom. The summed E-state index contributed by atoms with van der Waals surface area (Å²) in [5, 5.41) is 6.18. The first-order valence-electron chi connectivity index (χ1n) is 8.19. The number of para-hydroxylation sites is 1. The van der Waals surface area contributed by atoms with Crippen LogP contribution in [-0.2, 0) is 6.54 Å². The fraction of sp³-hybridized carbons (Fsp3) is 0.316. The molecule has 0 fully saturated rings. The monoisotopic (exact) mass is 362 g/mol. The summed E-state index contributed by atoms with van der Waals surface area (Å²) in [6.07, 6.45) is 0.0821. The maximum absolute atomic E-state index is 11.9. The van der Waals surface area contributed by atoms with Crippen LogP contribution in [-0.4, -0.2) is 25.3 Å². The summed E-state index contributed by atoms with van der Waals surface area (Å²) < 4.78 is 11.2. The van der Waals surface area contributed by atoms with Crippen molar-refractivity contribution in [2.45, 2.75) is 26.5 Å². The second-order valence-electron chi connectivity index (χ2n) is 5.69. The molecular weight excluding hydrogens is 340 g/mol. The highest BCUT2D eigenvalue weighted by Gasteiger charge is 2.06. The number of benzene rings is 2. The number of ether oxygens (including phenoxy) is 2. The number of hydrogen-bond donors (Lipinski definition) is 2. The molecule has 0 unspecified atom stereocenters. The predicted molar refractivity (Wildman–Crippen MR) is 99.4 cm³/mol. The molecule has 0 aliphatic rings. The van der Waals surface area contributed by atoms with E-state index >= 15 is 0 Å². The highest BCUT2D eigenvalue weighted by molar-refractivity contribution is 6.30. The number of nitrogens with one attached hydrogen (secondary N) is 2. The normalized spacial score (nSPS) is 10.4. The van der Waals surface area contributed by atoms with Crippen LogP contribution < -0.4 is 20.1 Å². The standard InChI is InChI=1S/C19H23ClN2O3/c1-14(2)25-18-9-4-3-6-15(18)13-22-19(23)21-10-11-24-17-8-5-7-16(20)12-17/h3-9,12,14H,10-11,13H2,1-2H3,(H2,21,22,23). The first kappa shape index (κ1) is 18.9. The fourth-order valence-corrected chi connectivity index (χ4v) is 2.33. The molecule has 2 rings (SSSR count). The number of carbonyl (C=O) groups excluding carboxylic acids is 1. The van der Waals surface area contributed by atoms with Crippen molar-refractivity contribution < 1.29 is 14.3 Å². The molecule has 2 aromatic carbocycles. The molecule has 5 nitrogen and oxygen atoms in total. The summed E-state index contributed by atoms with van der Waals surface area (Å²) in [7, 11) is 0. The summed E-state index contributed by atoms with van der Waals surface area (Å²) >= 11 is 5.88. The summed E-state index contributed by atoms with van der Waals surface area (Å²) in [4.78, 5) is 11.9. The van der Waals surface area contributed by atoms with Gasteiger partial charge in [-0.3, -0.25) is 0 Å². The van der Waals surface area contributed by atoms with Gasteiger partial charge in [0.15, 0.2) is 0 Å². The topological polar surface area (TPSA) is 59.6 Å². The molecule has 0 spiro atoms. The van der Waals surface area contributed by atoms with Crippen LogP contribution in [0.3, 0.4) is 0 Å². The molecule has 0 aliphatic carbocycles. The van der Waals surface area contributed by atoms with E-state index in [0.29, 0.717) is 30.5 Å². The summed E-state index contributed by atoms with van der Waals surface area (Å²) in [6.45, 7) is 5.08. The molecule has 0 aliphatic heterocycles. The van der Waals surface area contributed by atoms with Crippen LogP contribution in [0.2, 0.25) is 5.02 Å². The van der Waals surface area contributed by atoms with Crippen molar-refractivity contribution >= 4 is 17.6 Å². The number of urea groups is 1. The van der Waals surface area contributed by atoms with E-state index in [1.54, 1.807) is 12.1 Å². The lowest BCUT2D eigenvalue weighted by molar-refractivity contribution is 0.233.